The number of fused-ring (bicyclic) bond motifs is 1. The number of pyridine rings is 1. The highest BCUT2D eigenvalue weighted by atomic mass is 16.5. The van der Waals surface area contributed by atoms with Gasteiger partial charge in [0.25, 0.3) is 0 Å². The lowest BCUT2D eigenvalue weighted by atomic mass is 10.1. The van der Waals surface area contributed by atoms with Crippen molar-refractivity contribution in [2.45, 2.75) is 6.54 Å². The van der Waals surface area contributed by atoms with E-state index in [0.717, 1.165) is 10.9 Å². The predicted octanol–water partition coefficient (Wildman–Crippen LogP) is 2.99. The zero-order chi connectivity index (χ0) is 24.1. The van der Waals surface area contributed by atoms with Gasteiger partial charge in [0.05, 0.1) is 26.3 Å². The van der Waals surface area contributed by atoms with Gasteiger partial charge in [-0.2, -0.15) is 0 Å². The van der Waals surface area contributed by atoms with Crippen LogP contribution in [0, 0.1) is 0 Å². The van der Waals surface area contributed by atoms with Crippen LogP contribution in [0.25, 0.3) is 28.4 Å². The van der Waals surface area contributed by atoms with Crippen molar-refractivity contribution >= 4 is 34.7 Å². The lowest BCUT2D eigenvalue weighted by molar-refractivity contribution is -0.116. The summed E-state index contributed by atoms with van der Waals surface area (Å²) < 4.78 is 16.0. The molecule has 0 atom stereocenters. The number of ether oxygens (including phenoxy) is 2. The smallest absolute Gasteiger partial charge is 0.341 e. The zero-order valence-electron chi connectivity index (χ0n) is 18.4. The standard InChI is InChI=1S/C24H21N5O5/c1-32-19-9-16(23-28-11-17(12-29-23)24(31)33-2)7-15-8-18(34-22(15)19)13-27-21(30)6-4-14-3-5-20(25)26-10-14/h3-12H,13H2,1-2H3,(H2,25,26)(H,27,30)/b6-4+. The van der Waals surface area contributed by atoms with Crippen molar-refractivity contribution in [2.24, 2.45) is 0 Å². The van der Waals surface area contributed by atoms with Crippen LogP contribution in [0.1, 0.15) is 21.7 Å². The van der Waals surface area contributed by atoms with E-state index in [0.29, 0.717) is 34.3 Å². The van der Waals surface area contributed by atoms with E-state index >= 15 is 0 Å². The van der Waals surface area contributed by atoms with E-state index in [4.69, 9.17) is 14.9 Å². The van der Waals surface area contributed by atoms with Crippen molar-refractivity contribution in [3.05, 3.63) is 71.9 Å². The van der Waals surface area contributed by atoms with Gasteiger partial charge >= 0.3 is 5.97 Å². The van der Waals surface area contributed by atoms with Crippen LogP contribution < -0.4 is 15.8 Å². The molecule has 0 unspecified atom stereocenters. The second kappa shape index (κ2) is 9.82. The number of nitrogen functional groups attached to an aromatic ring is 1. The van der Waals surface area contributed by atoms with Gasteiger partial charge in [0.1, 0.15) is 11.6 Å². The molecule has 34 heavy (non-hydrogen) atoms. The number of hydrogen-bond acceptors (Lipinski definition) is 9. The monoisotopic (exact) mass is 459 g/mol. The van der Waals surface area contributed by atoms with Gasteiger partial charge in [0.15, 0.2) is 17.2 Å². The van der Waals surface area contributed by atoms with E-state index < -0.39 is 5.97 Å². The maximum Gasteiger partial charge on any atom is 0.341 e. The van der Waals surface area contributed by atoms with E-state index in [1.807, 2.05) is 6.07 Å². The normalized spacial score (nSPS) is 11.0. The molecule has 0 saturated carbocycles. The molecule has 3 heterocycles. The van der Waals surface area contributed by atoms with E-state index in [2.05, 4.69) is 25.0 Å². The van der Waals surface area contributed by atoms with Crippen LogP contribution in [0.3, 0.4) is 0 Å². The van der Waals surface area contributed by atoms with Crippen molar-refractivity contribution in [1.29, 1.82) is 0 Å². The first-order chi connectivity index (χ1) is 16.5. The molecule has 0 saturated heterocycles. The van der Waals surface area contributed by atoms with Crippen LogP contribution in [0.5, 0.6) is 5.75 Å². The molecular weight excluding hydrogens is 438 g/mol. The average molecular weight is 459 g/mol. The molecular formula is C24H21N5O5. The summed E-state index contributed by atoms with van der Waals surface area (Å²) >= 11 is 0. The van der Waals surface area contributed by atoms with Crippen molar-refractivity contribution in [2.75, 3.05) is 20.0 Å². The van der Waals surface area contributed by atoms with Crippen molar-refractivity contribution in [3.63, 3.8) is 0 Å². The van der Waals surface area contributed by atoms with Gasteiger partial charge in [-0.25, -0.2) is 19.7 Å². The van der Waals surface area contributed by atoms with Gasteiger partial charge in [0.2, 0.25) is 5.91 Å². The largest absolute Gasteiger partial charge is 0.493 e. The minimum Gasteiger partial charge on any atom is -0.493 e. The van der Waals surface area contributed by atoms with E-state index in [1.54, 1.807) is 36.5 Å². The summed E-state index contributed by atoms with van der Waals surface area (Å²) in [5.41, 5.74) is 7.77. The van der Waals surface area contributed by atoms with Gasteiger partial charge in [-0.1, -0.05) is 0 Å². The summed E-state index contributed by atoms with van der Waals surface area (Å²) in [5.74, 6) is 1.05. The molecule has 1 amide bonds. The number of hydrogen-bond donors (Lipinski definition) is 2. The Kier molecular flexibility index (Phi) is 6.49. The topological polar surface area (TPSA) is 142 Å². The summed E-state index contributed by atoms with van der Waals surface area (Å²) in [6.07, 6.45) is 7.42. The number of carbonyl (C=O) groups is 2. The third-order valence-electron chi connectivity index (χ3n) is 4.86. The zero-order valence-corrected chi connectivity index (χ0v) is 18.4. The Balaban J connectivity index is 1.50. The number of rotatable bonds is 7. The summed E-state index contributed by atoms with van der Waals surface area (Å²) in [6, 6.07) is 8.81. The van der Waals surface area contributed by atoms with Crippen molar-refractivity contribution < 1.29 is 23.5 Å². The first kappa shape index (κ1) is 22.5. The number of amides is 1. The molecule has 0 radical (unpaired) electrons. The molecule has 10 nitrogen and oxygen atoms in total. The van der Waals surface area contributed by atoms with Crippen molar-refractivity contribution in [3.8, 4) is 17.1 Å². The first-order valence-corrected chi connectivity index (χ1v) is 10.2. The lowest BCUT2D eigenvalue weighted by Gasteiger charge is -2.05. The van der Waals surface area contributed by atoms with E-state index in [-0.39, 0.29) is 18.0 Å². The number of carbonyl (C=O) groups excluding carboxylic acids is 2. The molecule has 0 aliphatic heterocycles. The predicted molar refractivity (Wildman–Crippen MR) is 125 cm³/mol. The number of methoxy groups -OCH3 is 2. The quantitative estimate of drug-likeness (QED) is 0.315. The summed E-state index contributed by atoms with van der Waals surface area (Å²) in [6.45, 7) is 0.181. The van der Waals surface area contributed by atoms with Gasteiger partial charge in [-0.05, 0) is 42.0 Å². The SMILES string of the molecule is COC(=O)c1cnc(-c2cc(OC)c3oc(CNC(=O)/C=C/c4ccc(N)nc4)cc3c2)nc1. The Morgan fingerprint density at radius 2 is 1.88 bits per heavy atom. The van der Waals surface area contributed by atoms with Crippen molar-refractivity contribution in [1.82, 2.24) is 20.3 Å². The molecule has 172 valence electrons. The van der Waals surface area contributed by atoms with Crippen LogP contribution in [0.4, 0.5) is 5.82 Å². The fraction of sp³-hybridized carbons (Fsp3) is 0.125. The molecule has 10 heteroatoms. The lowest BCUT2D eigenvalue weighted by Crippen LogP contribution is -2.19. The number of esters is 1. The highest BCUT2D eigenvalue weighted by molar-refractivity contribution is 5.92. The van der Waals surface area contributed by atoms with Gasteiger partial charge in [-0.15, -0.1) is 0 Å². The van der Waals surface area contributed by atoms with Crippen LogP contribution in [0.2, 0.25) is 0 Å². The number of aromatic nitrogens is 3. The third kappa shape index (κ3) is 5.01. The summed E-state index contributed by atoms with van der Waals surface area (Å²) in [4.78, 5) is 36.2. The summed E-state index contributed by atoms with van der Waals surface area (Å²) in [7, 11) is 2.82. The Hall–Kier alpha value is -4.73. The molecule has 4 rings (SSSR count). The fourth-order valence-corrected chi connectivity index (χ4v) is 3.16. The number of nitrogens with zero attached hydrogens (tertiary/aromatic N) is 3. The highest BCUT2D eigenvalue weighted by Crippen LogP contribution is 2.33. The molecule has 3 N–H and O–H groups in total. The summed E-state index contributed by atoms with van der Waals surface area (Å²) in [5, 5.41) is 3.53. The fourth-order valence-electron chi connectivity index (χ4n) is 3.16. The molecule has 4 aromatic rings. The Labute approximate surface area is 194 Å². The molecule has 0 fully saturated rings. The van der Waals surface area contributed by atoms with E-state index in [9.17, 15) is 9.59 Å². The molecule has 1 aromatic carbocycles. The first-order valence-electron chi connectivity index (χ1n) is 10.2. The number of anilines is 1. The molecule has 0 aliphatic rings. The molecule has 0 aliphatic carbocycles. The maximum atomic E-state index is 12.2. The van der Waals surface area contributed by atoms with Crippen LogP contribution in [-0.2, 0) is 16.1 Å². The Bertz CT molecular complexity index is 1360. The number of furan rings is 1. The number of benzene rings is 1. The van der Waals surface area contributed by atoms with Gasteiger partial charge < -0.3 is 24.9 Å². The number of nitrogens with two attached hydrogens (primary N) is 1. The highest BCUT2D eigenvalue weighted by Gasteiger charge is 2.15. The average Bonchev–Trinajstić information content (AvgIpc) is 3.29. The number of nitrogens with one attached hydrogen (secondary N) is 1. The van der Waals surface area contributed by atoms with Gasteiger partial charge in [-0.3, -0.25) is 4.79 Å². The Morgan fingerprint density at radius 1 is 1.09 bits per heavy atom. The molecule has 0 spiro atoms. The minimum absolute atomic E-state index is 0.181. The van der Waals surface area contributed by atoms with Crippen LogP contribution in [0.15, 0.2) is 59.4 Å². The molecule has 0 bridgehead atoms. The van der Waals surface area contributed by atoms with Crippen LogP contribution >= 0.6 is 0 Å². The third-order valence-corrected chi connectivity index (χ3v) is 4.86. The maximum absolute atomic E-state index is 12.2. The van der Waals surface area contributed by atoms with Gasteiger partial charge in [0, 0.05) is 35.6 Å². The second-order valence-corrected chi connectivity index (χ2v) is 7.16. The van der Waals surface area contributed by atoms with E-state index in [1.165, 1.54) is 32.7 Å². The van der Waals surface area contributed by atoms with Crippen LogP contribution in [-0.4, -0.2) is 41.0 Å². The molecule has 3 aromatic heterocycles. The minimum atomic E-state index is -0.513. The Morgan fingerprint density at radius 3 is 2.56 bits per heavy atom. The second-order valence-electron chi connectivity index (χ2n) is 7.16.